The van der Waals surface area contributed by atoms with E-state index >= 15 is 0 Å². The molecule has 24 heavy (non-hydrogen) atoms. The summed E-state index contributed by atoms with van der Waals surface area (Å²) in [4.78, 5) is 25.3. The van der Waals surface area contributed by atoms with Crippen LogP contribution in [-0.4, -0.2) is 23.3 Å². The van der Waals surface area contributed by atoms with Gasteiger partial charge in [0.1, 0.15) is 5.82 Å². The molecule has 0 aliphatic heterocycles. The standard InChI is InChI=1S/C19H21FN2O2/c1-14-7-9-16(10-8-14)12-22(15(2)23)13-19(24)21-11-17-5-3-4-6-18(17)20/h3-10H,11-13H2,1-2H3,(H,21,24). The molecule has 2 amide bonds. The summed E-state index contributed by atoms with van der Waals surface area (Å²) in [6.45, 7) is 3.82. The van der Waals surface area contributed by atoms with E-state index in [2.05, 4.69) is 5.32 Å². The van der Waals surface area contributed by atoms with E-state index in [1.807, 2.05) is 31.2 Å². The van der Waals surface area contributed by atoms with Crippen LogP contribution in [0.1, 0.15) is 23.6 Å². The van der Waals surface area contributed by atoms with E-state index in [9.17, 15) is 14.0 Å². The maximum atomic E-state index is 13.5. The molecular weight excluding hydrogens is 307 g/mol. The van der Waals surface area contributed by atoms with Crippen molar-refractivity contribution in [3.63, 3.8) is 0 Å². The number of amides is 2. The molecule has 0 atom stereocenters. The zero-order valence-electron chi connectivity index (χ0n) is 13.9. The van der Waals surface area contributed by atoms with Crippen molar-refractivity contribution in [3.05, 3.63) is 71.0 Å². The number of carbonyl (C=O) groups excluding carboxylic acids is 2. The van der Waals surface area contributed by atoms with Crippen LogP contribution in [0.25, 0.3) is 0 Å². The molecule has 1 N–H and O–H groups in total. The lowest BCUT2D eigenvalue weighted by Gasteiger charge is -2.21. The van der Waals surface area contributed by atoms with Gasteiger partial charge >= 0.3 is 0 Å². The third-order valence-electron chi connectivity index (χ3n) is 3.71. The van der Waals surface area contributed by atoms with Crippen LogP contribution in [0.15, 0.2) is 48.5 Å². The van der Waals surface area contributed by atoms with Crippen molar-refractivity contribution in [2.45, 2.75) is 26.9 Å². The minimum absolute atomic E-state index is 0.0579. The molecule has 0 aromatic heterocycles. The maximum Gasteiger partial charge on any atom is 0.239 e. The molecule has 4 nitrogen and oxygen atoms in total. The van der Waals surface area contributed by atoms with Crippen LogP contribution in [0.2, 0.25) is 0 Å². The highest BCUT2D eigenvalue weighted by atomic mass is 19.1. The molecule has 0 unspecified atom stereocenters. The molecule has 0 saturated heterocycles. The second kappa shape index (κ2) is 8.24. The van der Waals surface area contributed by atoms with Gasteiger partial charge in [-0.15, -0.1) is 0 Å². The minimum Gasteiger partial charge on any atom is -0.350 e. The second-order valence-electron chi connectivity index (χ2n) is 5.73. The average Bonchev–Trinajstić information content (AvgIpc) is 2.55. The first kappa shape index (κ1) is 17.7. The number of aryl methyl sites for hydroxylation is 1. The first-order chi connectivity index (χ1) is 11.5. The fourth-order valence-electron chi connectivity index (χ4n) is 2.26. The summed E-state index contributed by atoms with van der Waals surface area (Å²) >= 11 is 0. The van der Waals surface area contributed by atoms with E-state index in [0.29, 0.717) is 12.1 Å². The zero-order chi connectivity index (χ0) is 17.5. The van der Waals surface area contributed by atoms with E-state index in [-0.39, 0.29) is 30.7 Å². The summed E-state index contributed by atoms with van der Waals surface area (Å²) in [5.41, 5.74) is 2.51. The van der Waals surface area contributed by atoms with Gasteiger partial charge in [0.2, 0.25) is 11.8 Å². The molecule has 0 fully saturated rings. The quantitative estimate of drug-likeness (QED) is 0.886. The Balaban J connectivity index is 1.92. The van der Waals surface area contributed by atoms with Gasteiger partial charge in [-0.3, -0.25) is 9.59 Å². The van der Waals surface area contributed by atoms with Gasteiger partial charge in [-0.25, -0.2) is 4.39 Å². The predicted octanol–water partition coefficient (Wildman–Crippen LogP) is 2.80. The lowest BCUT2D eigenvalue weighted by atomic mass is 10.1. The smallest absolute Gasteiger partial charge is 0.239 e. The second-order valence-corrected chi connectivity index (χ2v) is 5.73. The Morgan fingerprint density at radius 2 is 1.75 bits per heavy atom. The van der Waals surface area contributed by atoms with Gasteiger partial charge in [0.25, 0.3) is 0 Å². The van der Waals surface area contributed by atoms with E-state index in [1.165, 1.54) is 17.9 Å². The Bertz CT molecular complexity index is 714. The monoisotopic (exact) mass is 328 g/mol. The molecule has 0 aliphatic carbocycles. The van der Waals surface area contributed by atoms with Gasteiger partial charge in [-0.1, -0.05) is 48.0 Å². The topological polar surface area (TPSA) is 49.4 Å². The largest absolute Gasteiger partial charge is 0.350 e. The fraction of sp³-hybridized carbons (Fsp3) is 0.263. The predicted molar refractivity (Wildman–Crippen MR) is 90.5 cm³/mol. The van der Waals surface area contributed by atoms with Crippen molar-refractivity contribution in [3.8, 4) is 0 Å². The molecule has 126 valence electrons. The van der Waals surface area contributed by atoms with Crippen LogP contribution >= 0.6 is 0 Å². The van der Waals surface area contributed by atoms with E-state index in [0.717, 1.165) is 11.1 Å². The van der Waals surface area contributed by atoms with Crippen molar-refractivity contribution in [1.82, 2.24) is 10.2 Å². The molecule has 0 bridgehead atoms. The Hall–Kier alpha value is -2.69. The van der Waals surface area contributed by atoms with E-state index < -0.39 is 0 Å². The molecule has 0 aliphatic rings. The van der Waals surface area contributed by atoms with Gasteiger partial charge in [0.05, 0.1) is 6.54 Å². The van der Waals surface area contributed by atoms with Crippen molar-refractivity contribution < 1.29 is 14.0 Å². The molecule has 0 heterocycles. The van der Waals surface area contributed by atoms with Crippen LogP contribution in [0.4, 0.5) is 4.39 Å². The first-order valence-electron chi connectivity index (χ1n) is 7.77. The summed E-state index contributed by atoms with van der Waals surface area (Å²) in [6.07, 6.45) is 0. The lowest BCUT2D eigenvalue weighted by Crippen LogP contribution is -2.39. The normalized spacial score (nSPS) is 10.3. The Labute approximate surface area is 141 Å². The van der Waals surface area contributed by atoms with Crippen LogP contribution in [0.5, 0.6) is 0 Å². The number of hydrogen-bond acceptors (Lipinski definition) is 2. The molecule has 0 saturated carbocycles. The highest BCUT2D eigenvalue weighted by molar-refractivity contribution is 5.83. The third kappa shape index (κ3) is 5.19. The van der Waals surface area contributed by atoms with Crippen LogP contribution in [-0.2, 0) is 22.7 Å². The molecule has 2 rings (SSSR count). The summed E-state index contributed by atoms with van der Waals surface area (Å²) in [6, 6.07) is 14.1. The van der Waals surface area contributed by atoms with Crippen LogP contribution < -0.4 is 5.32 Å². The minimum atomic E-state index is -0.360. The first-order valence-corrected chi connectivity index (χ1v) is 7.77. The SMILES string of the molecule is CC(=O)N(CC(=O)NCc1ccccc1F)Cc1ccc(C)cc1. The van der Waals surface area contributed by atoms with Crippen molar-refractivity contribution >= 4 is 11.8 Å². The Morgan fingerprint density at radius 1 is 1.08 bits per heavy atom. The highest BCUT2D eigenvalue weighted by Gasteiger charge is 2.14. The molecule has 2 aromatic rings. The molecule has 0 spiro atoms. The van der Waals surface area contributed by atoms with Crippen molar-refractivity contribution in [2.75, 3.05) is 6.54 Å². The van der Waals surface area contributed by atoms with Gasteiger partial charge in [-0.05, 0) is 18.6 Å². The van der Waals surface area contributed by atoms with Crippen LogP contribution in [0.3, 0.4) is 0 Å². The maximum absolute atomic E-state index is 13.5. The number of rotatable bonds is 6. The summed E-state index contributed by atoms with van der Waals surface area (Å²) in [5.74, 6) is -0.863. The lowest BCUT2D eigenvalue weighted by molar-refractivity contribution is -0.135. The van der Waals surface area contributed by atoms with E-state index in [4.69, 9.17) is 0 Å². The average molecular weight is 328 g/mol. The number of carbonyl (C=O) groups is 2. The van der Waals surface area contributed by atoms with E-state index in [1.54, 1.807) is 18.2 Å². The number of hydrogen-bond donors (Lipinski definition) is 1. The number of halogens is 1. The summed E-state index contributed by atoms with van der Waals surface area (Å²) in [5, 5.41) is 2.65. The molecule has 0 radical (unpaired) electrons. The highest BCUT2D eigenvalue weighted by Crippen LogP contribution is 2.08. The van der Waals surface area contributed by atoms with Crippen LogP contribution in [0, 0.1) is 12.7 Å². The Morgan fingerprint density at radius 3 is 2.38 bits per heavy atom. The number of benzene rings is 2. The third-order valence-corrected chi connectivity index (χ3v) is 3.71. The fourth-order valence-corrected chi connectivity index (χ4v) is 2.26. The number of nitrogens with zero attached hydrogens (tertiary/aromatic N) is 1. The van der Waals surface area contributed by atoms with Gasteiger partial charge in [0, 0.05) is 25.6 Å². The van der Waals surface area contributed by atoms with Gasteiger partial charge in [0.15, 0.2) is 0 Å². The Kier molecular flexibility index (Phi) is 6.07. The van der Waals surface area contributed by atoms with Crippen molar-refractivity contribution in [1.29, 1.82) is 0 Å². The number of nitrogens with one attached hydrogen (secondary N) is 1. The van der Waals surface area contributed by atoms with Gasteiger partial charge in [-0.2, -0.15) is 0 Å². The summed E-state index contributed by atoms with van der Waals surface area (Å²) < 4.78 is 13.5. The van der Waals surface area contributed by atoms with Crippen molar-refractivity contribution in [2.24, 2.45) is 0 Å². The van der Waals surface area contributed by atoms with Gasteiger partial charge < -0.3 is 10.2 Å². The molecular formula is C19H21FN2O2. The molecule has 2 aromatic carbocycles. The zero-order valence-corrected chi connectivity index (χ0v) is 13.9. The summed E-state index contributed by atoms with van der Waals surface area (Å²) in [7, 11) is 0. The molecule has 5 heteroatoms.